The van der Waals surface area contributed by atoms with Gasteiger partial charge in [-0.1, -0.05) is 13.8 Å². The van der Waals surface area contributed by atoms with Crippen molar-refractivity contribution in [2.45, 2.75) is 46.5 Å². The Morgan fingerprint density at radius 2 is 1.15 bits per heavy atom. The van der Waals surface area contributed by atoms with E-state index in [0.717, 1.165) is 37.2 Å². The molecule has 20 heavy (non-hydrogen) atoms. The van der Waals surface area contributed by atoms with Crippen molar-refractivity contribution in [1.29, 1.82) is 0 Å². The Morgan fingerprint density at radius 3 is 1.40 bits per heavy atom. The molecule has 0 atom stereocenters. The predicted octanol–water partition coefficient (Wildman–Crippen LogP) is 7.16. The summed E-state index contributed by atoms with van der Waals surface area (Å²) < 4.78 is 64.9. The number of halogens is 6. The van der Waals surface area contributed by atoms with E-state index >= 15 is 0 Å². The van der Waals surface area contributed by atoms with Crippen LogP contribution in [0, 0.1) is 6.92 Å². The van der Waals surface area contributed by atoms with Gasteiger partial charge in [0, 0.05) is 12.1 Å². The van der Waals surface area contributed by atoms with Gasteiger partial charge in [0.25, 0.3) is 0 Å². The molecular formula is C12H19F6OP. The average Bonchev–Trinajstić information content (AvgIpc) is 2.12. The molecule has 0 aliphatic heterocycles. The van der Waals surface area contributed by atoms with Gasteiger partial charge in [-0.2, -0.15) is 0 Å². The van der Waals surface area contributed by atoms with Crippen LogP contribution in [0.3, 0.4) is 0 Å². The van der Waals surface area contributed by atoms with Gasteiger partial charge in [-0.25, -0.2) is 4.42 Å². The zero-order valence-electron chi connectivity index (χ0n) is 11.6. The van der Waals surface area contributed by atoms with Crippen molar-refractivity contribution in [2.24, 2.45) is 0 Å². The molecule has 0 amide bonds. The molecule has 0 bridgehead atoms. The maximum atomic E-state index is 9.87. The molecule has 1 heterocycles. The van der Waals surface area contributed by atoms with Gasteiger partial charge in [-0.15, -0.1) is 0 Å². The molecule has 1 aromatic heterocycles. The first-order valence-electron chi connectivity index (χ1n) is 6.20. The van der Waals surface area contributed by atoms with E-state index < -0.39 is 7.81 Å². The fourth-order valence-corrected chi connectivity index (χ4v) is 1.52. The first-order valence-corrected chi connectivity index (χ1v) is 8.23. The molecule has 0 aromatic carbocycles. The fourth-order valence-electron chi connectivity index (χ4n) is 1.52. The molecule has 8 heteroatoms. The van der Waals surface area contributed by atoms with Crippen LogP contribution in [0.5, 0.6) is 0 Å². The molecule has 1 nitrogen and oxygen atoms in total. The van der Waals surface area contributed by atoms with E-state index in [2.05, 4.69) is 32.9 Å². The van der Waals surface area contributed by atoms with Crippen LogP contribution in [0.15, 0.2) is 16.5 Å². The SMILES string of the molecule is CCCc1cc(C)cc(CCC)[o+]1.F[P-](F)(F)(F)(F)F. The third kappa shape index (κ3) is 15.2. The summed E-state index contributed by atoms with van der Waals surface area (Å²) in [6.45, 7) is 6.49. The van der Waals surface area contributed by atoms with Gasteiger partial charge < -0.3 is 0 Å². The Morgan fingerprint density at radius 1 is 0.850 bits per heavy atom. The molecule has 0 saturated heterocycles. The van der Waals surface area contributed by atoms with Crippen molar-refractivity contribution in [3.8, 4) is 0 Å². The monoisotopic (exact) mass is 324 g/mol. The van der Waals surface area contributed by atoms with Gasteiger partial charge in [-0.05, 0) is 25.3 Å². The molecule has 0 N–H and O–H groups in total. The molecule has 0 fully saturated rings. The summed E-state index contributed by atoms with van der Waals surface area (Å²) in [4.78, 5) is 0. The van der Waals surface area contributed by atoms with E-state index in [-0.39, 0.29) is 0 Å². The van der Waals surface area contributed by atoms with E-state index in [1.165, 1.54) is 5.56 Å². The summed E-state index contributed by atoms with van der Waals surface area (Å²) in [6, 6.07) is 4.28. The van der Waals surface area contributed by atoms with Crippen LogP contribution in [0.4, 0.5) is 25.2 Å². The van der Waals surface area contributed by atoms with Crippen molar-refractivity contribution in [1.82, 2.24) is 0 Å². The number of hydrogen-bond donors (Lipinski definition) is 0. The third-order valence-corrected chi connectivity index (χ3v) is 2.03. The Hall–Kier alpha value is -0.840. The molecule has 0 saturated carbocycles. The average molecular weight is 324 g/mol. The molecule has 0 spiro atoms. The van der Waals surface area contributed by atoms with Crippen LogP contribution in [0.1, 0.15) is 43.8 Å². The summed E-state index contributed by atoms with van der Waals surface area (Å²) in [7, 11) is -10.7. The van der Waals surface area contributed by atoms with Gasteiger partial charge in [0.2, 0.25) is 0 Å². The van der Waals surface area contributed by atoms with Crippen LogP contribution in [-0.2, 0) is 12.8 Å². The minimum absolute atomic E-state index is 1.05. The first kappa shape index (κ1) is 19.2. The van der Waals surface area contributed by atoms with Crippen LogP contribution in [-0.4, -0.2) is 0 Å². The van der Waals surface area contributed by atoms with E-state index in [9.17, 15) is 25.2 Å². The van der Waals surface area contributed by atoms with Gasteiger partial charge in [0.15, 0.2) is 0 Å². The topological polar surface area (TPSA) is 11.3 Å². The zero-order valence-corrected chi connectivity index (χ0v) is 12.5. The quantitative estimate of drug-likeness (QED) is 0.325. The van der Waals surface area contributed by atoms with Crippen LogP contribution in [0.2, 0.25) is 0 Å². The molecule has 1 rings (SSSR count). The van der Waals surface area contributed by atoms with Crippen molar-refractivity contribution in [2.75, 3.05) is 0 Å². The van der Waals surface area contributed by atoms with E-state index in [4.69, 9.17) is 4.42 Å². The maximum absolute atomic E-state index is 10.7. The number of hydrogen-bond acceptors (Lipinski definition) is 0. The zero-order chi connectivity index (χ0) is 16.1. The predicted molar refractivity (Wildman–Crippen MR) is 69.4 cm³/mol. The molecule has 0 aliphatic carbocycles. The normalized spacial score (nSPS) is 14.8. The van der Waals surface area contributed by atoms with Crippen molar-refractivity contribution in [3.63, 3.8) is 0 Å². The van der Waals surface area contributed by atoms with Crippen LogP contribution < -0.4 is 0 Å². The number of rotatable bonds is 4. The van der Waals surface area contributed by atoms with Crippen molar-refractivity contribution < 1.29 is 29.6 Å². The van der Waals surface area contributed by atoms with Crippen molar-refractivity contribution >= 4 is 7.81 Å². The number of aryl methyl sites for hydroxylation is 3. The second-order valence-electron chi connectivity index (χ2n) is 4.53. The molecule has 120 valence electrons. The standard InChI is InChI=1S/C12H19O.F6P/c1-4-6-11-8-10(3)9-12(13-11)7-5-2;1-7(2,3,4,5)6/h8-9H,4-7H2,1-3H3;/q+1;-1. The second kappa shape index (κ2) is 5.88. The summed E-state index contributed by atoms with van der Waals surface area (Å²) in [5.41, 5.74) is 1.32. The summed E-state index contributed by atoms with van der Waals surface area (Å²) in [6.07, 6.45) is 4.41. The fraction of sp³-hybridized carbons (Fsp3) is 0.583. The van der Waals surface area contributed by atoms with Crippen molar-refractivity contribution in [3.05, 3.63) is 29.2 Å². The van der Waals surface area contributed by atoms with Crippen LogP contribution in [0.25, 0.3) is 0 Å². The summed E-state index contributed by atoms with van der Waals surface area (Å²) in [5.74, 6) is 2.26. The van der Waals surface area contributed by atoms with E-state index in [1.807, 2.05) is 0 Å². The molecule has 0 radical (unpaired) electrons. The second-order valence-corrected chi connectivity index (χ2v) is 6.44. The van der Waals surface area contributed by atoms with E-state index in [1.54, 1.807) is 0 Å². The summed E-state index contributed by atoms with van der Waals surface area (Å²) in [5, 5.41) is 0. The Labute approximate surface area is 114 Å². The third-order valence-electron chi connectivity index (χ3n) is 2.03. The van der Waals surface area contributed by atoms with Gasteiger partial charge in [-0.3, -0.25) is 0 Å². The summed E-state index contributed by atoms with van der Waals surface area (Å²) >= 11 is 0. The molecular weight excluding hydrogens is 305 g/mol. The molecule has 0 aliphatic rings. The van der Waals surface area contributed by atoms with E-state index in [0.29, 0.717) is 0 Å². The molecule has 0 unspecified atom stereocenters. The Balaban J connectivity index is 0.000000441. The first-order chi connectivity index (χ1) is 8.71. The Bertz CT molecular complexity index is 404. The Kier molecular flexibility index (Phi) is 5.63. The van der Waals surface area contributed by atoms with Gasteiger partial charge >= 0.3 is 44.5 Å². The minimum atomic E-state index is -10.7. The molecule has 1 aromatic rings. The van der Waals surface area contributed by atoms with Gasteiger partial charge in [0.1, 0.15) is 0 Å². The van der Waals surface area contributed by atoms with Gasteiger partial charge in [0.05, 0.1) is 12.8 Å². The van der Waals surface area contributed by atoms with Crippen LogP contribution >= 0.6 is 7.81 Å².